The summed E-state index contributed by atoms with van der Waals surface area (Å²) in [5, 5.41) is 3.47. The Labute approximate surface area is 122 Å². The molecule has 0 aliphatic rings. The molecule has 0 fully saturated rings. The zero-order chi connectivity index (χ0) is 14.5. The van der Waals surface area contributed by atoms with Crippen LogP contribution in [0.1, 0.15) is 39.5 Å². The second-order valence-corrected chi connectivity index (χ2v) is 4.53. The van der Waals surface area contributed by atoms with Gasteiger partial charge in [-0.1, -0.05) is 58.1 Å². The molecule has 0 aromatic carbocycles. The summed E-state index contributed by atoms with van der Waals surface area (Å²) in [6.45, 7) is 11.6. The van der Waals surface area contributed by atoms with Crippen molar-refractivity contribution >= 4 is 17.4 Å². The molecule has 0 bridgehead atoms. The molecule has 1 unspecified atom stereocenters. The van der Waals surface area contributed by atoms with E-state index in [2.05, 4.69) is 32.3 Å². The molecule has 19 heavy (non-hydrogen) atoms. The zero-order valence-electron chi connectivity index (χ0n) is 12.0. The molecule has 0 heterocycles. The molecule has 1 N–H and O–H groups in total. The minimum absolute atomic E-state index is 0.188. The molecule has 106 valence electrons. The number of unbranched alkanes of at least 4 members (excludes halogenated alkanes) is 1. The van der Waals surface area contributed by atoms with Crippen LogP contribution in [-0.2, 0) is 4.74 Å². The highest BCUT2D eigenvalue weighted by Crippen LogP contribution is 2.09. The third-order valence-electron chi connectivity index (χ3n) is 2.56. The molecule has 1 atom stereocenters. The Balaban J connectivity index is 4.39. The summed E-state index contributed by atoms with van der Waals surface area (Å²) >= 11 is 5.22. The van der Waals surface area contributed by atoms with Crippen molar-refractivity contribution in [2.45, 2.75) is 45.6 Å². The standard InChI is InChI=1S/C16H25NOS/c1-5-9-12-14(11-7-3)17-16(19)18-15(8-4)13-10-6-2/h5,7,9,11-12,15H,1,3,6,8,10,13H2,2,4H3,(H,17,19)/b12-9-,14-11+. The van der Waals surface area contributed by atoms with E-state index in [1.165, 1.54) is 6.42 Å². The first-order valence-electron chi connectivity index (χ1n) is 6.77. The molecule has 0 radical (unpaired) electrons. The lowest BCUT2D eigenvalue weighted by atomic mass is 10.1. The van der Waals surface area contributed by atoms with E-state index in [9.17, 15) is 0 Å². The van der Waals surface area contributed by atoms with Crippen LogP contribution >= 0.6 is 12.2 Å². The van der Waals surface area contributed by atoms with Crippen molar-refractivity contribution in [3.05, 3.63) is 49.2 Å². The van der Waals surface area contributed by atoms with Crippen LogP contribution in [0, 0.1) is 0 Å². The van der Waals surface area contributed by atoms with Crippen molar-refractivity contribution in [3.63, 3.8) is 0 Å². The summed E-state index contributed by atoms with van der Waals surface area (Å²) in [5.74, 6) is 0. The molecule has 0 saturated carbocycles. The van der Waals surface area contributed by atoms with Gasteiger partial charge in [-0.2, -0.15) is 0 Å². The number of hydrogen-bond donors (Lipinski definition) is 1. The Hall–Kier alpha value is -1.35. The predicted molar refractivity (Wildman–Crippen MR) is 88.0 cm³/mol. The Bertz CT molecular complexity index is 345. The maximum Gasteiger partial charge on any atom is 0.261 e. The van der Waals surface area contributed by atoms with Gasteiger partial charge in [0.05, 0.1) is 0 Å². The van der Waals surface area contributed by atoms with Crippen molar-refractivity contribution < 1.29 is 4.74 Å². The second kappa shape index (κ2) is 11.7. The van der Waals surface area contributed by atoms with E-state index in [4.69, 9.17) is 17.0 Å². The third kappa shape index (κ3) is 9.25. The fourth-order valence-corrected chi connectivity index (χ4v) is 1.77. The number of nitrogens with one attached hydrogen (secondary N) is 1. The Morgan fingerprint density at radius 1 is 1.32 bits per heavy atom. The Morgan fingerprint density at radius 3 is 2.58 bits per heavy atom. The minimum Gasteiger partial charge on any atom is -0.468 e. The van der Waals surface area contributed by atoms with Crippen LogP contribution in [0.15, 0.2) is 49.2 Å². The molecule has 0 aliphatic carbocycles. The van der Waals surface area contributed by atoms with Crippen molar-refractivity contribution in [2.24, 2.45) is 0 Å². The summed E-state index contributed by atoms with van der Waals surface area (Å²) in [6.07, 6.45) is 13.5. The van der Waals surface area contributed by atoms with Gasteiger partial charge in [-0.25, -0.2) is 0 Å². The average Bonchev–Trinajstić information content (AvgIpc) is 2.40. The van der Waals surface area contributed by atoms with E-state index < -0.39 is 0 Å². The second-order valence-electron chi connectivity index (χ2n) is 4.16. The predicted octanol–water partition coefficient (Wildman–Crippen LogP) is 4.66. The summed E-state index contributed by atoms with van der Waals surface area (Å²) in [6, 6.07) is 0. The topological polar surface area (TPSA) is 21.3 Å². The Morgan fingerprint density at radius 2 is 2.05 bits per heavy atom. The van der Waals surface area contributed by atoms with Gasteiger partial charge in [-0.3, -0.25) is 0 Å². The van der Waals surface area contributed by atoms with E-state index in [-0.39, 0.29) is 6.10 Å². The van der Waals surface area contributed by atoms with E-state index in [1.54, 1.807) is 12.2 Å². The number of hydrogen-bond acceptors (Lipinski definition) is 2. The van der Waals surface area contributed by atoms with Crippen molar-refractivity contribution in [1.82, 2.24) is 5.32 Å². The van der Waals surface area contributed by atoms with E-state index in [0.29, 0.717) is 5.17 Å². The normalized spacial score (nSPS) is 13.1. The lowest BCUT2D eigenvalue weighted by Gasteiger charge is -2.18. The average molecular weight is 279 g/mol. The van der Waals surface area contributed by atoms with Crippen LogP contribution in [0.5, 0.6) is 0 Å². The molecule has 0 aromatic heterocycles. The zero-order valence-corrected chi connectivity index (χ0v) is 12.8. The maximum atomic E-state index is 5.74. The molecule has 0 spiro atoms. The van der Waals surface area contributed by atoms with Crippen LogP contribution < -0.4 is 5.32 Å². The summed E-state index contributed by atoms with van der Waals surface area (Å²) in [5.41, 5.74) is 0.838. The molecule has 0 aromatic rings. The van der Waals surface area contributed by atoms with Gasteiger partial charge in [0, 0.05) is 5.70 Å². The highest BCUT2D eigenvalue weighted by atomic mass is 32.1. The molecular formula is C16H25NOS. The summed E-state index contributed by atoms with van der Waals surface area (Å²) in [4.78, 5) is 0. The number of rotatable bonds is 9. The van der Waals surface area contributed by atoms with Gasteiger partial charge in [0.25, 0.3) is 5.17 Å². The van der Waals surface area contributed by atoms with Gasteiger partial charge < -0.3 is 10.1 Å². The minimum atomic E-state index is 0.188. The van der Waals surface area contributed by atoms with Crippen molar-refractivity contribution in [1.29, 1.82) is 0 Å². The number of allylic oxidation sites excluding steroid dienone is 5. The molecule has 2 nitrogen and oxygen atoms in total. The first kappa shape index (κ1) is 17.6. The smallest absolute Gasteiger partial charge is 0.261 e. The first-order chi connectivity index (χ1) is 9.17. The Kier molecular flexibility index (Phi) is 10.9. The fraction of sp³-hybridized carbons (Fsp3) is 0.438. The van der Waals surface area contributed by atoms with Gasteiger partial charge in [0.1, 0.15) is 6.10 Å². The first-order valence-corrected chi connectivity index (χ1v) is 7.18. The molecule has 0 aliphatic heterocycles. The monoisotopic (exact) mass is 279 g/mol. The van der Waals surface area contributed by atoms with Crippen LogP contribution in [0.25, 0.3) is 0 Å². The highest BCUT2D eigenvalue weighted by Gasteiger charge is 2.09. The van der Waals surface area contributed by atoms with Gasteiger partial charge in [0.15, 0.2) is 0 Å². The van der Waals surface area contributed by atoms with Gasteiger partial charge in [-0.15, -0.1) is 0 Å². The molecular weight excluding hydrogens is 254 g/mol. The lowest BCUT2D eigenvalue weighted by Crippen LogP contribution is -2.27. The van der Waals surface area contributed by atoms with Crippen LogP contribution in [0.2, 0.25) is 0 Å². The molecule has 0 rings (SSSR count). The fourth-order valence-electron chi connectivity index (χ4n) is 1.51. The molecule has 3 heteroatoms. The van der Waals surface area contributed by atoms with Gasteiger partial charge >= 0.3 is 0 Å². The SMILES string of the molecule is C=C/C=C\C(=C/C=C)NC(=S)OC(CC)CCCC. The van der Waals surface area contributed by atoms with Crippen molar-refractivity contribution in [3.8, 4) is 0 Å². The summed E-state index contributed by atoms with van der Waals surface area (Å²) < 4.78 is 5.74. The van der Waals surface area contributed by atoms with E-state index >= 15 is 0 Å². The third-order valence-corrected chi connectivity index (χ3v) is 2.76. The lowest BCUT2D eigenvalue weighted by molar-refractivity contribution is 0.169. The largest absolute Gasteiger partial charge is 0.468 e. The summed E-state index contributed by atoms with van der Waals surface area (Å²) in [7, 11) is 0. The molecule has 0 amide bonds. The number of ether oxygens (including phenoxy) is 1. The van der Waals surface area contributed by atoms with Crippen LogP contribution in [0.4, 0.5) is 0 Å². The van der Waals surface area contributed by atoms with Gasteiger partial charge in [-0.05, 0) is 37.2 Å². The van der Waals surface area contributed by atoms with Crippen LogP contribution in [0.3, 0.4) is 0 Å². The number of thiocarbonyl (C=S) groups is 1. The van der Waals surface area contributed by atoms with E-state index in [0.717, 1.165) is 25.0 Å². The molecule has 0 saturated heterocycles. The van der Waals surface area contributed by atoms with Crippen LogP contribution in [-0.4, -0.2) is 11.3 Å². The highest BCUT2D eigenvalue weighted by molar-refractivity contribution is 7.80. The van der Waals surface area contributed by atoms with Crippen molar-refractivity contribution in [2.75, 3.05) is 0 Å². The quantitative estimate of drug-likeness (QED) is 0.490. The van der Waals surface area contributed by atoms with E-state index in [1.807, 2.05) is 18.2 Å². The van der Waals surface area contributed by atoms with Gasteiger partial charge in [0.2, 0.25) is 0 Å². The maximum absolute atomic E-state index is 5.74.